The van der Waals surface area contributed by atoms with Crippen molar-refractivity contribution in [3.63, 3.8) is 0 Å². The van der Waals surface area contributed by atoms with Crippen LogP contribution >= 0.6 is 0 Å². The Hall–Kier alpha value is -12.3. The van der Waals surface area contributed by atoms with Gasteiger partial charge in [0, 0.05) is 53.0 Å². The van der Waals surface area contributed by atoms with Gasteiger partial charge in [-0.05, 0) is 110 Å². The number of rotatable bonds is 12. The number of hydrogen-bond acceptors (Lipinski definition) is 30. The summed E-state index contributed by atoms with van der Waals surface area (Å²) in [5.41, 5.74) is 0.352. The zero-order chi connectivity index (χ0) is 66.8. The molecule has 0 saturated heterocycles. The van der Waals surface area contributed by atoms with Crippen molar-refractivity contribution >= 4 is 84.2 Å². The molecule has 0 aliphatic rings. The summed E-state index contributed by atoms with van der Waals surface area (Å²) in [6.07, 6.45) is 4.73. The molecule has 39 heteroatoms. The number of phenols is 3. The Morgan fingerprint density at radius 2 is 0.548 bits per heavy atom. The molecule has 0 spiro atoms. The molecule has 0 saturated carbocycles. The number of phenolic OH excluding ortho intramolecular Hbond substituents is 3. The predicted molar refractivity (Wildman–Crippen MR) is 317 cm³/mol. The summed E-state index contributed by atoms with van der Waals surface area (Å²) in [7, 11) is 0. The molecule has 3 N–H and O–H groups in total. The van der Waals surface area contributed by atoms with Gasteiger partial charge >= 0.3 is 68.3 Å². The monoisotopic (exact) mass is 1420 g/mol. The van der Waals surface area contributed by atoms with E-state index in [-0.39, 0.29) is 84.1 Å². The average Bonchev–Trinajstić information content (AvgIpc) is 0.799. The van der Waals surface area contributed by atoms with Crippen LogP contribution in [0.2, 0.25) is 0 Å². The summed E-state index contributed by atoms with van der Waals surface area (Å²) in [6.45, 7) is 4.88. The molecule has 489 valence electrons. The van der Waals surface area contributed by atoms with Crippen LogP contribution in [0.15, 0.2) is 195 Å². The van der Waals surface area contributed by atoms with Gasteiger partial charge in [0.05, 0.1) is 80.4 Å². The molecule has 3 aromatic heterocycles. The molecule has 0 unspecified atom stereocenters. The molecule has 0 amide bonds. The summed E-state index contributed by atoms with van der Waals surface area (Å²) in [5, 5.41) is 170. The van der Waals surface area contributed by atoms with Crippen LogP contribution in [-0.4, -0.2) is 95.1 Å². The predicted octanol–water partition coefficient (Wildman–Crippen LogP) is 6.41. The summed E-state index contributed by atoms with van der Waals surface area (Å²) in [5.74, 6) is -4.83. The molecule has 3 radical (unpaired) electrons. The number of pyridine rings is 3. The number of nitro groups is 3. The molecule has 9 aromatic rings. The van der Waals surface area contributed by atoms with Crippen molar-refractivity contribution in [2.75, 3.05) is 0 Å². The summed E-state index contributed by atoms with van der Waals surface area (Å²) >= 11 is 0. The topological polar surface area (TPSA) is 571 Å². The molecule has 93 heavy (non-hydrogen) atoms. The molecule has 0 aliphatic heterocycles. The summed E-state index contributed by atoms with van der Waals surface area (Å²) in [4.78, 5) is 68.8. The fraction of sp³-hybridized carbons (Fsp3) is 0.0556. The minimum absolute atomic E-state index is 0. The average molecular weight is 1420 g/mol. The Bertz CT molecular complexity index is 3880. The van der Waals surface area contributed by atoms with E-state index in [0.717, 1.165) is 0 Å². The zero-order valence-electron chi connectivity index (χ0n) is 46.9. The van der Waals surface area contributed by atoms with Crippen molar-refractivity contribution < 1.29 is 112 Å². The first kappa shape index (κ1) is 78.7. The number of fused-ring (bicyclic) bond motifs is 3. The van der Waals surface area contributed by atoms with Crippen LogP contribution < -0.4 is 15.3 Å². The van der Waals surface area contributed by atoms with Crippen molar-refractivity contribution in [2.24, 2.45) is 30.6 Å². The van der Waals surface area contributed by atoms with Crippen molar-refractivity contribution in [3.8, 4) is 17.2 Å². The van der Waals surface area contributed by atoms with Crippen LogP contribution in [0.25, 0.3) is 32.3 Å². The molecular formula is C54H39Cu3N15O21. The number of aromatic hydroxyl groups is 3. The molecule has 0 fully saturated rings. The number of benzene rings is 6. The van der Waals surface area contributed by atoms with Crippen LogP contribution in [0.3, 0.4) is 0 Å². The van der Waals surface area contributed by atoms with Crippen LogP contribution in [0.5, 0.6) is 17.2 Å². The molecule has 9 rings (SSSR count). The van der Waals surface area contributed by atoms with E-state index >= 15 is 0 Å². The SMILES string of the molecule is C/C(=N\N=C(/[O-])c1cc2ccccc2c([N+](=O)[O-])c1O)c1ccccn1.C/C(=N\N=C(/[O-])c1cc2ccccc2c([N+](=O)[O-])c1O)c1ccccn1.C/C(=N\N=C(/[O-])c1cc2ccccc2c([N+](=O)[O-])c1O)c1ccccn1.O=[N+]([O-])[O-].O=[N+]([O-])[O-].O=[N+]([O-])[O-].[Cu+2].[Cu+2].[Cu+2]. The van der Waals surface area contributed by atoms with E-state index < -0.39 is 82.0 Å². The van der Waals surface area contributed by atoms with Gasteiger partial charge in [0.25, 0.3) is 0 Å². The van der Waals surface area contributed by atoms with E-state index in [2.05, 4.69) is 45.6 Å². The van der Waals surface area contributed by atoms with Crippen LogP contribution in [0, 0.1) is 76.3 Å². The third kappa shape index (κ3) is 23.3. The number of nitro benzene ring substituents is 3. The van der Waals surface area contributed by atoms with Gasteiger partial charge in [0.1, 0.15) is 0 Å². The van der Waals surface area contributed by atoms with Gasteiger partial charge < -0.3 is 76.6 Å². The Morgan fingerprint density at radius 1 is 0.344 bits per heavy atom. The Balaban J connectivity index is 0.000000630. The summed E-state index contributed by atoms with van der Waals surface area (Å²) < 4.78 is 0. The quantitative estimate of drug-likeness (QED) is 0.0390. The minimum Gasteiger partial charge on any atom is -0.857 e. The maximum absolute atomic E-state index is 12.3. The van der Waals surface area contributed by atoms with Crippen molar-refractivity contribution in [1.29, 1.82) is 0 Å². The van der Waals surface area contributed by atoms with E-state index in [1.807, 2.05) is 0 Å². The van der Waals surface area contributed by atoms with Gasteiger partial charge in [-0.25, -0.2) is 0 Å². The molecule has 0 aliphatic carbocycles. The van der Waals surface area contributed by atoms with Gasteiger partial charge in [-0.1, -0.05) is 72.8 Å². The second kappa shape index (κ2) is 38.2. The molecule has 6 aromatic carbocycles. The first-order valence-electron chi connectivity index (χ1n) is 24.4. The number of aromatic nitrogens is 3. The maximum Gasteiger partial charge on any atom is 2.00 e. The fourth-order valence-electron chi connectivity index (χ4n) is 7.40. The third-order valence-corrected chi connectivity index (χ3v) is 11.2. The van der Waals surface area contributed by atoms with Crippen LogP contribution in [0.1, 0.15) is 54.5 Å². The van der Waals surface area contributed by atoms with E-state index in [4.69, 9.17) is 46.0 Å². The summed E-state index contributed by atoms with van der Waals surface area (Å²) in [6, 6.07) is 38.9. The standard InChI is InChI=1S/3C18H14N4O4.3Cu.3NO3/c3*1-11(15-8-4-5-9-19-15)20-21-18(24)14-10-12-6-2-3-7-13(12)16(17(14)23)22(25)26;;;;3*2-1(3)4/h3*2-10,23H,1H3,(H,21,24);;;;;;/q;;;3*+2;3*-1/p-3/b3*20-11+;;;;;;. The van der Waals surface area contributed by atoms with E-state index in [1.54, 1.807) is 149 Å². The van der Waals surface area contributed by atoms with Crippen LogP contribution in [-0.2, 0) is 51.2 Å². The zero-order valence-corrected chi connectivity index (χ0v) is 49.7. The molecule has 0 bridgehead atoms. The van der Waals surface area contributed by atoms with Crippen molar-refractivity contribution in [2.45, 2.75) is 20.8 Å². The Labute approximate surface area is 551 Å². The Kier molecular flexibility index (Phi) is 32.3. The molecular weight excluding hydrogens is 1390 g/mol. The first-order chi connectivity index (χ1) is 42.7. The Morgan fingerprint density at radius 3 is 0.742 bits per heavy atom. The number of hydrogen-bond donors (Lipinski definition) is 3. The molecule has 3 heterocycles. The normalized spacial score (nSPS) is 11.1. The van der Waals surface area contributed by atoms with Gasteiger partial charge in [0.15, 0.2) is 0 Å². The number of nitrogens with zero attached hydrogens (tertiary/aromatic N) is 15. The van der Waals surface area contributed by atoms with E-state index in [1.165, 1.54) is 36.4 Å². The smallest absolute Gasteiger partial charge is 0.857 e. The van der Waals surface area contributed by atoms with Gasteiger partial charge in [-0.2, -0.15) is 30.6 Å². The van der Waals surface area contributed by atoms with Crippen LogP contribution in [0.4, 0.5) is 17.1 Å². The van der Waals surface area contributed by atoms with Crippen molar-refractivity contribution in [1.82, 2.24) is 15.0 Å². The second-order valence-corrected chi connectivity index (χ2v) is 16.9. The van der Waals surface area contributed by atoms with Crippen molar-refractivity contribution in [3.05, 3.63) is 274 Å². The third-order valence-electron chi connectivity index (χ3n) is 11.2. The van der Waals surface area contributed by atoms with Gasteiger partial charge in [0.2, 0.25) is 17.2 Å². The molecule has 36 nitrogen and oxygen atoms in total. The van der Waals surface area contributed by atoms with Gasteiger partial charge in [-0.3, -0.25) is 45.3 Å². The van der Waals surface area contributed by atoms with Gasteiger partial charge in [-0.15, -0.1) is 0 Å². The second-order valence-electron chi connectivity index (χ2n) is 16.9. The minimum atomic E-state index is -1.75. The first-order valence-corrected chi connectivity index (χ1v) is 24.4. The maximum atomic E-state index is 12.3. The van der Waals surface area contributed by atoms with E-state index in [9.17, 15) is 61.0 Å². The largest absolute Gasteiger partial charge is 2.00 e. The fourth-order valence-corrected chi connectivity index (χ4v) is 7.40. The molecule has 0 atom stereocenters. The van der Waals surface area contributed by atoms with E-state index in [0.29, 0.717) is 50.4 Å².